The summed E-state index contributed by atoms with van der Waals surface area (Å²) in [5, 5.41) is 7.10. The molecule has 0 saturated heterocycles. The number of hydrogen-bond acceptors (Lipinski definition) is 5. The summed E-state index contributed by atoms with van der Waals surface area (Å²) in [6.07, 6.45) is 0.787. The van der Waals surface area contributed by atoms with Crippen LogP contribution in [0.5, 0.6) is 11.5 Å². The van der Waals surface area contributed by atoms with Gasteiger partial charge in [-0.05, 0) is 79.2 Å². The van der Waals surface area contributed by atoms with Gasteiger partial charge in [0.2, 0.25) is 0 Å². The largest absolute Gasteiger partial charge is 0.497 e. The lowest BCUT2D eigenvalue weighted by atomic mass is 10.0. The first-order valence-corrected chi connectivity index (χ1v) is 12.7. The second kappa shape index (κ2) is 12.4. The van der Waals surface area contributed by atoms with E-state index < -0.39 is 0 Å². The van der Waals surface area contributed by atoms with Crippen LogP contribution in [0.25, 0.3) is 22.5 Å². The number of anilines is 1. The van der Waals surface area contributed by atoms with Gasteiger partial charge >= 0.3 is 6.03 Å². The highest BCUT2D eigenvalue weighted by atomic mass is 35.5. The zero-order valence-corrected chi connectivity index (χ0v) is 21.6. The molecule has 0 saturated carbocycles. The minimum Gasteiger partial charge on any atom is -0.497 e. The van der Waals surface area contributed by atoms with Crippen LogP contribution in [0.2, 0.25) is 5.02 Å². The summed E-state index contributed by atoms with van der Waals surface area (Å²) >= 11 is 7.49. The minimum absolute atomic E-state index is 0.246. The van der Waals surface area contributed by atoms with E-state index in [1.807, 2.05) is 48.5 Å². The standard InChI is InChI=1S/C27H27ClN4O3S/c1-34-22-12-4-18(5-13-22)24-25(19-6-14-23(35-2)15-7-19)32-27(31-24)36-17-3-16-29-26(33)30-21-10-8-20(28)9-11-21/h4-15H,3,16-17H2,1-2H3,(H,31,32)(H2,29,30,33). The Morgan fingerprint density at radius 1 is 0.917 bits per heavy atom. The van der Waals surface area contributed by atoms with E-state index >= 15 is 0 Å². The van der Waals surface area contributed by atoms with Gasteiger partial charge in [-0.1, -0.05) is 23.4 Å². The number of carbonyl (C=O) groups is 1. The van der Waals surface area contributed by atoms with Crippen LogP contribution in [0, 0.1) is 0 Å². The first-order chi connectivity index (χ1) is 17.6. The van der Waals surface area contributed by atoms with Crippen LogP contribution < -0.4 is 20.1 Å². The lowest BCUT2D eigenvalue weighted by molar-refractivity contribution is 0.252. The van der Waals surface area contributed by atoms with Crippen molar-refractivity contribution in [3.8, 4) is 34.0 Å². The van der Waals surface area contributed by atoms with E-state index in [0.717, 1.165) is 51.3 Å². The van der Waals surface area contributed by atoms with Crippen LogP contribution in [-0.2, 0) is 0 Å². The Labute approximate surface area is 219 Å². The third kappa shape index (κ3) is 6.74. The molecule has 3 aromatic carbocycles. The third-order valence-electron chi connectivity index (χ3n) is 5.37. The summed E-state index contributed by atoms with van der Waals surface area (Å²) < 4.78 is 10.6. The molecule has 1 aromatic heterocycles. The average Bonchev–Trinajstić information content (AvgIpc) is 3.34. The Kier molecular flexibility index (Phi) is 8.76. The molecule has 0 unspecified atom stereocenters. The lowest BCUT2D eigenvalue weighted by Gasteiger charge is -2.07. The third-order valence-corrected chi connectivity index (χ3v) is 6.58. The van der Waals surface area contributed by atoms with Crippen LogP contribution in [-0.4, -0.2) is 42.5 Å². The van der Waals surface area contributed by atoms with Gasteiger partial charge in [-0.25, -0.2) is 9.78 Å². The molecule has 0 aliphatic heterocycles. The number of carbonyl (C=O) groups excluding carboxylic acids is 1. The Morgan fingerprint density at radius 3 is 2.14 bits per heavy atom. The van der Waals surface area contributed by atoms with Crippen molar-refractivity contribution < 1.29 is 14.3 Å². The molecule has 7 nitrogen and oxygen atoms in total. The number of hydrogen-bond donors (Lipinski definition) is 3. The summed E-state index contributed by atoms with van der Waals surface area (Å²) in [7, 11) is 3.30. The SMILES string of the molecule is COc1ccc(-c2nc(SCCCNC(=O)Nc3ccc(Cl)cc3)[nH]c2-c2ccc(OC)cc2)cc1. The Balaban J connectivity index is 1.38. The number of thioether (sulfide) groups is 1. The van der Waals surface area contributed by atoms with Crippen LogP contribution in [0.3, 0.4) is 0 Å². The monoisotopic (exact) mass is 522 g/mol. The summed E-state index contributed by atoms with van der Waals surface area (Å²) in [6.45, 7) is 0.545. The average molecular weight is 523 g/mol. The van der Waals surface area contributed by atoms with Crippen molar-refractivity contribution in [3.63, 3.8) is 0 Å². The van der Waals surface area contributed by atoms with Gasteiger partial charge in [0, 0.05) is 34.1 Å². The van der Waals surface area contributed by atoms with E-state index in [9.17, 15) is 4.79 Å². The van der Waals surface area contributed by atoms with Crippen molar-refractivity contribution in [2.24, 2.45) is 0 Å². The number of halogens is 1. The molecule has 0 aliphatic carbocycles. The predicted octanol–water partition coefficient (Wildman–Crippen LogP) is 6.72. The molecule has 0 aliphatic rings. The van der Waals surface area contributed by atoms with Gasteiger partial charge in [-0.2, -0.15) is 0 Å². The molecule has 4 aromatic rings. The highest BCUT2D eigenvalue weighted by molar-refractivity contribution is 7.99. The Morgan fingerprint density at radius 2 is 1.53 bits per heavy atom. The highest BCUT2D eigenvalue weighted by Crippen LogP contribution is 2.34. The van der Waals surface area contributed by atoms with E-state index in [1.54, 1.807) is 50.2 Å². The fourth-order valence-electron chi connectivity index (χ4n) is 3.50. The number of aromatic nitrogens is 2. The molecule has 3 N–H and O–H groups in total. The maximum Gasteiger partial charge on any atom is 0.319 e. The number of benzene rings is 3. The zero-order valence-electron chi connectivity index (χ0n) is 20.0. The fourth-order valence-corrected chi connectivity index (χ4v) is 4.43. The molecular formula is C27H27ClN4O3S. The highest BCUT2D eigenvalue weighted by Gasteiger charge is 2.15. The van der Waals surface area contributed by atoms with Crippen LogP contribution in [0.4, 0.5) is 10.5 Å². The molecule has 0 fully saturated rings. The number of ether oxygens (including phenoxy) is 2. The Hall–Kier alpha value is -3.62. The number of nitrogens with zero attached hydrogens (tertiary/aromatic N) is 1. The summed E-state index contributed by atoms with van der Waals surface area (Å²) in [4.78, 5) is 20.4. The van der Waals surface area contributed by atoms with Gasteiger partial charge in [-0.15, -0.1) is 0 Å². The molecular weight excluding hydrogens is 496 g/mol. The molecule has 186 valence electrons. The number of H-pyrrole nitrogens is 1. The summed E-state index contributed by atoms with van der Waals surface area (Å²) in [6, 6.07) is 22.5. The molecule has 0 spiro atoms. The van der Waals surface area contributed by atoms with Gasteiger partial charge in [0.25, 0.3) is 0 Å². The molecule has 9 heteroatoms. The van der Waals surface area contributed by atoms with Crippen molar-refractivity contribution in [1.82, 2.24) is 15.3 Å². The van der Waals surface area contributed by atoms with E-state index in [0.29, 0.717) is 17.3 Å². The number of imidazole rings is 1. The van der Waals surface area contributed by atoms with E-state index in [4.69, 9.17) is 26.1 Å². The molecule has 36 heavy (non-hydrogen) atoms. The van der Waals surface area contributed by atoms with Crippen LogP contribution in [0.1, 0.15) is 6.42 Å². The summed E-state index contributed by atoms with van der Waals surface area (Å²) in [5.41, 5.74) is 4.50. The molecule has 0 bridgehead atoms. The fraction of sp³-hybridized carbons (Fsp3) is 0.185. The topological polar surface area (TPSA) is 88.3 Å². The molecule has 0 radical (unpaired) electrons. The smallest absolute Gasteiger partial charge is 0.319 e. The number of urea groups is 1. The molecule has 1 heterocycles. The first kappa shape index (κ1) is 25.5. The number of methoxy groups -OCH3 is 2. The van der Waals surface area contributed by atoms with Gasteiger partial charge in [-0.3, -0.25) is 0 Å². The number of aromatic amines is 1. The number of amides is 2. The van der Waals surface area contributed by atoms with E-state index in [-0.39, 0.29) is 6.03 Å². The first-order valence-electron chi connectivity index (χ1n) is 11.4. The second-order valence-electron chi connectivity index (χ2n) is 7.81. The molecule has 2 amide bonds. The Bertz CT molecular complexity index is 1210. The van der Waals surface area contributed by atoms with Crippen LogP contribution in [0.15, 0.2) is 78.0 Å². The number of nitrogens with one attached hydrogen (secondary N) is 3. The van der Waals surface area contributed by atoms with Crippen molar-refractivity contribution in [2.45, 2.75) is 11.6 Å². The predicted molar refractivity (Wildman–Crippen MR) is 146 cm³/mol. The normalized spacial score (nSPS) is 10.6. The van der Waals surface area contributed by atoms with E-state index in [1.165, 1.54) is 0 Å². The van der Waals surface area contributed by atoms with Crippen molar-refractivity contribution >= 4 is 35.1 Å². The van der Waals surface area contributed by atoms with Gasteiger partial charge < -0.3 is 25.1 Å². The molecule has 4 rings (SSSR count). The van der Waals surface area contributed by atoms with Crippen molar-refractivity contribution in [3.05, 3.63) is 77.8 Å². The minimum atomic E-state index is -0.246. The quantitative estimate of drug-likeness (QED) is 0.159. The maximum absolute atomic E-state index is 12.1. The lowest BCUT2D eigenvalue weighted by Crippen LogP contribution is -2.29. The second-order valence-corrected chi connectivity index (χ2v) is 9.33. The van der Waals surface area contributed by atoms with Crippen LogP contribution >= 0.6 is 23.4 Å². The zero-order chi connectivity index (χ0) is 25.3. The van der Waals surface area contributed by atoms with Crippen molar-refractivity contribution in [1.29, 1.82) is 0 Å². The van der Waals surface area contributed by atoms with E-state index in [2.05, 4.69) is 15.6 Å². The van der Waals surface area contributed by atoms with Gasteiger partial charge in [0.15, 0.2) is 5.16 Å². The maximum atomic E-state index is 12.1. The van der Waals surface area contributed by atoms with Crippen molar-refractivity contribution in [2.75, 3.05) is 31.8 Å². The van der Waals surface area contributed by atoms with Gasteiger partial charge in [0.05, 0.1) is 25.6 Å². The number of rotatable bonds is 10. The van der Waals surface area contributed by atoms with Gasteiger partial charge in [0.1, 0.15) is 11.5 Å². The molecule has 0 atom stereocenters. The summed E-state index contributed by atoms with van der Waals surface area (Å²) in [5.74, 6) is 2.38.